The number of hydrogen-bond acceptors (Lipinski definition) is 3. The quantitative estimate of drug-likeness (QED) is 0.451. The van der Waals surface area contributed by atoms with Gasteiger partial charge in [-0.3, -0.25) is 0 Å². The number of rotatable bonds is 7. The van der Waals surface area contributed by atoms with E-state index in [1.165, 1.54) is 11.1 Å². The minimum absolute atomic E-state index is 0.371. The number of ether oxygens (including phenoxy) is 2. The molecule has 0 radical (unpaired) electrons. The Morgan fingerprint density at radius 2 is 1.89 bits per heavy atom. The number of halogens is 1. The predicted molar refractivity (Wildman–Crippen MR) is 114 cm³/mol. The lowest BCUT2D eigenvalue weighted by atomic mass is 9.86. The highest BCUT2D eigenvalue weighted by Crippen LogP contribution is 2.39. The first-order chi connectivity index (χ1) is 12.9. The van der Waals surface area contributed by atoms with Crippen molar-refractivity contribution >= 4 is 28.0 Å². The van der Waals surface area contributed by atoms with Crippen molar-refractivity contribution in [3.05, 3.63) is 63.1 Å². The number of aryl methyl sites for hydroxylation is 2. The molecule has 0 amide bonds. The number of benzene rings is 2. The molecule has 0 unspecified atom stereocenters. The van der Waals surface area contributed by atoms with Gasteiger partial charge in [0, 0.05) is 18.1 Å². The first kappa shape index (κ1) is 20.1. The third-order valence-electron chi connectivity index (χ3n) is 5.03. The van der Waals surface area contributed by atoms with Crippen LogP contribution in [0.15, 0.2) is 45.9 Å². The maximum Gasteiger partial charge on any atom is 0.140 e. The summed E-state index contributed by atoms with van der Waals surface area (Å²) in [5.74, 6) is 0. The Morgan fingerprint density at radius 1 is 1.19 bits per heavy atom. The summed E-state index contributed by atoms with van der Waals surface area (Å²) in [6, 6.07) is 12.6. The predicted octanol–water partition coefficient (Wildman–Crippen LogP) is 5.12. The molecule has 1 fully saturated rings. The lowest BCUT2D eigenvalue weighted by Crippen LogP contribution is -2.49. The molecule has 27 heavy (non-hydrogen) atoms. The molecule has 0 N–H and O–H groups in total. The van der Waals surface area contributed by atoms with Crippen LogP contribution in [0.3, 0.4) is 0 Å². The first-order valence-electron chi connectivity index (χ1n) is 9.26. The van der Waals surface area contributed by atoms with Gasteiger partial charge in [-0.15, -0.1) is 0 Å². The van der Waals surface area contributed by atoms with Crippen LogP contribution in [0, 0.1) is 13.8 Å². The lowest BCUT2D eigenvalue weighted by molar-refractivity contribution is -0.223. The molecule has 1 heterocycles. The fraction of sp³-hybridized carbons (Fsp3) is 0.409. The molecule has 2 aromatic rings. The van der Waals surface area contributed by atoms with E-state index < -0.39 is 0 Å². The molecule has 2 aromatic carbocycles. The smallest absolute Gasteiger partial charge is 0.140 e. The normalized spacial score (nSPS) is 15.7. The molecule has 3 rings (SSSR count). The Labute approximate surface area is 170 Å². The topological polar surface area (TPSA) is 34.1 Å². The van der Waals surface area contributed by atoms with Gasteiger partial charge in [0.2, 0.25) is 0 Å². The standard InChI is InChI=1S/C22H27BrN2O2/c1-5-25(4)15-24-21-11-16(2)20(10-17(21)3)22(13-26-14-22)27-12-18-6-8-19(23)9-7-18/h6-11,15H,5,12-14H2,1-4H3. The van der Waals surface area contributed by atoms with Gasteiger partial charge < -0.3 is 14.4 Å². The summed E-state index contributed by atoms with van der Waals surface area (Å²) in [5.41, 5.74) is 5.32. The van der Waals surface area contributed by atoms with Crippen LogP contribution in [-0.2, 0) is 21.7 Å². The number of nitrogens with zero attached hydrogens (tertiary/aromatic N) is 2. The molecule has 5 heteroatoms. The molecule has 0 bridgehead atoms. The van der Waals surface area contributed by atoms with Gasteiger partial charge in [0.1, 0.15) is 5.60 Å². The molecular formula is C22H27BrN2O2. The summed E-state index contributed by atoms with van der Waals surface area (Å²) in [4.78, 5) is 6.69. The minimum Gasteiger partial charge on any atom is -0.375 e. The fourth-order valence-corrected chi connectivity index (χ4v) is 3.34. The van der Waals surface area contributed by atoms with Crippen LogP contribution in [0.25, 0.3) is 0 Å². The van der Waals surface area contributed by atoms with Gasteiger partial charge in [-0.05, 0) is 61.2 Å². The molecule has 1 saturated heterocycles. The Morgan fingerprint density at radius 3 is 2.48 bits per heavy atom. The molecular weight excluding hydrogens is 404 g/mol. The van der Waals surface area contributed by atoms with Crippen LogP contribution < -0.4 is 0 Å². The fourth-order valence-electron chi connectivity index (χ4n) is 3.08. The zero-order chi connectivity index (χ0) is 19.4. The van der Waals surface area contributed by atoms with Crippen LogP contribution in [0.4, 0.5) is 5.69 Å². The summed E-state index contributed by atoms with van der Waals surface area (Å²) in [6.45, 7) is 9.01. The third-order valence-corrected chi connectivity index (χ3v) is 5.55. The summed E-state index contributed by atoms with van der Waals surface area (Å²) in [7, 11) is 2.02. The zero-order valence-electron chi connectivity index (χ0n) is 16.5. The average molecular weight is 431 g/mol. The van der Waals surface area contributed by atoms with Crippen molar-refractivity contribution in [3.8, 4) is 0 Å². The Hall–Kier alpha value is -1.69. The molecule has 0 aromatic heterocycles. The van der Waals surface area contributed by atoms with Gasteiger partial charge in [0.05, 0.1) is 31.8 Å². The first-order valence-corrected chi connectivity index (χ1v) is 10.0. The van der Waals surface area contributed by atoms with Gasteiger partial charge in [-0.1, -0.05) is 34.1 Å². The van der Waals surface area contributed by atoms with E-state index in [9.17, 15) is 0 Å². The van der Waals surface area contributed by atoms with E-state index in [2.05, 4.69) is 70.9 Å². The lowest BCUT2D eigenvalue weighted by Gasteiger charge is -2.42. The molecule has 0 saturated carbocycles. The van der Waals surface area contributed by atoms with Crippen LogP contribution >= 0.6 is 15.9 Å². The van der Waals surface area contributed by atoms with E-state index in [0.717, 1.165) is 27.8 Å². The van der Waals surface area contributed by atoms with Crippen LogP contribution in [0.2, 0.25) is 0 Å². The van der Waals surface area contributed by atoms with Crippen molar-refractivity contribution in [2.24, 2.45) is 4.99 Å². The molecule has 1 aliphatic rings. The highest BCUT2D eigenvalue weighted by Gasteiger charge is 2.43. The molecule has 1 aliphatic heterocycles. The second-order valence-electron chi connectivity index (χ2n) is 7.17. The maximum atomic E-state index is 6.38. The van der Waals surface area contributed by atoms with Crippen LogP contribution in [0.1, 0.15) is 29.2 Å². The minimum atomic E-state index is -0.371. The van der Waals surface area contributed by atoms with Crippen molar-refractivity contribution in [1.29, 1.82) is 0 Å². The van der Waals surface area contributed by atoms with Crippen molar-refractivity contribution in [2.75, 3.05) is 26.8 Å². The van der Waals surface area contributed by atoms with Crippen molar-refractivity contribution in [1.82, 2.24) is 4.90 Å². The van der Waals surface area contributed by atoms with Gasteiger partial charge in [0.15, 0.2) is 0 Å². The van der Waals surface area contributed by atoms with Crippen molar-refractivity contribution in [3.63, 3.8) is 0 Å². The van der Waals surface area contributed by atoms with Gasteiger partial charge >= 0.3 is 0 Å². The van der Waals surface area contributed by atoms with Crippen LogP contribution in [0.5, 0.6) is 0 Å². The Kier molecular flexibility index (Phi) is 6.35. The monoisotopic (exact) mass is 430 g/mol. The average Bonchev–Trinajstić information content (AvgIpc) is 2.63. The molecule has 4 nitrogen and oxygen atoms in total. The number of aliphatic imine (C=N–C) groups is 1. The SMILES string of the molecule is CCN(C)C=Nc1cc(C)c(C2(OCc3ccc(Br)cc3)COC2)cc1C. The molecule has 0 spiro atoms. The second kappa shape index (κ2) is 8.55. The molecule has 0 aliphatic carbocycles. The van der Waals surface area contributed by atoms with E-state index in [-0.39, 0.29) is 5.60 Å². The van der Waals surface area contributed by atoms with Crippen molar-refractivity contribution in [2.45, 2.75) is 33.0 Å². The zero-order valence-corrected chi connectivity index (χ0v) is 18.0. The van der Waals surface area contributed by atoms with E-state index in [1.807, 2.05) is 25.5 Å². The van der Waals surface area contributed by atoms with E-state index in [0.29, 0.717) is 19.8 Å². The van der Waals surface area contributed by atoms with E-state index in [1.54, 1.807) is 0 Å². The highest BCUT2D eigenvalue weighted by molar-refractivity contribution is 9.10. The van der Waals surface area contributed by atoms with E-state index in [4.69, 9.17) is 9.47 Å². The second-order valence-corrected chi connectivity index (χ2v) is 8.09. The van der Waals surface area contributed by atoms with Gasteiger partial charge in [0.25, 0.3) is 0 Å². The van der Waals surface area contributed by atoms with Gasteiger partial charge in [-0.2, -0.15) is 0 Å². The van der Waals surface area contributed by atoms with Crippen molar-refractivity contribution < 1.29 is 9.47 Å². The largest absolute Gasteiger partial charge is 0.375 e. The Balaban J connectivity index is 1.81. The summed E-state index contributed by atoms with van der Waals surface area (Å²) in [5, 5.41) is 0. The summed E-state index contributed by atoms with van der Waals surface area (Å²) < 4.78 is 13.0. The highest BCUT2D eigenvalue weighted by atomic mass is 79.9. The molecule has 0 atom stereocenters. The molecule has 144 valence electrons. The number of hydrogen-bond donors (Lipinski definition) is 0. The third kappa shape index (κ3) is 4.60. The van der Waals surface area contributed by atoms with Crippen LogP contribution in [-0.4, -0.2) is 38.0 Å². The summed E-state index contributed by atoms with van der Waals surface area (Å²) in [6.07, 6.45) is 1.88. The Bertz CT molecular complexity index is 814. The maximum absolute atomic E-state index is 6.38. The van der Waals surface area contributed by atoms with E-state index >= 15 is 0 Å². The van der Waals surface area contributed by atoms with Gasteiger partial charge in [-0.25, -0.2) is 4.99 Å². The summed E-state index contributed by atoms with van der Waals surface area (Å²) >= 11 is 3.47.